The molecule has 3 rings (SSSR count). The van der Waals surface area contributed by atoms with Crippen LogP contribution in [0.5, 0.6) is 0 Å². The van der Waals surface area contributed by atoms with E-state index in [1.165, 1.54) is 50.2 Å². The molecular formula is C18H30N4O2. The van der Waals surface area contributed by atoms with Crippen LogP contribution in [-0.2, 0) is 9.59 Å². The number of hydrogen-bond acceptors (Lipinski definition) is 4. The molecule has 6 nitrogen and oxygen atoms in total. The van der Waals surface area contributed by atoms with Crippen molar-refractivity contribution in [3.05, 3.63) is 0 Å². The van der Waals surface area contributed by atoms with Crippen molar-refractivity contribution in [2.24, 2.45) is 11.0 Å². The summed E-state index contributed by atoms with van der Waals surface area (Å²) in [5.74, 6) is 0.600. The molecule has 0 aromatic carbocycles. The molecule has 3 aliphatic heterocycles. The van der Waals surface area contributed by atoms with Crippen molar-refractivity contribution in [2.45, 2.75) is 51.4 Å². The second-order valence-electron chi connectivity index (χ2n) is 7.44. The molecule has 0 aliphatic carbocycles. The van der Waals surface area contributed by atoms with Gasteiger partial charge in [0.15, 0.2) is 0 Å². The Hall–Kier alpha value is -1.43. The van der Waals surface area contributed by atoms with Crippen molar-refractivity contribution in [3.63, 3.8) is 0 Å². The fourth-order valence-corrected chi connectivity index (χ4v) is 4.09. The molecule has 0 spiro atoms. The molecule has 1 atom stereocenters. The van der Waals surface area contributed by atoms with E-state index in [-0.39, 0.29) is 11.8 Å². The van der Waals surface area contributed by atoms with Crippen molar-refractivity contribution >= 4 is 17.5 Å². The van der Waals surface area contributed by atoms with Crippen molar-refractivity contribution in [1.29, 1.82) is 0 Å². The van der Waals surface area contributed by atoms with E-state index in [0.29, 0.717) is 24.5 Å². The van der Waals surface area contributed by atoms with Gasteiger partial charge in [0.25, 0.3) is 5.91 Å². The van der Waals surface area contributed by atoms with Gasteiger partial charge in [0.05, 0.1) is 0 Å². The lowest BCUT2D eigenvalue weighted by atomic mass is 9.96. The molecule has 0 N–H and O–H groups in total. The normalized spacial score (nSPS) is 27.0. The van der Waals surface area contributed by atoms with Crippen LogP contribution in [0.25, 0.3) is 0 Å². The number of piperidine rings is 1. The lowest BCUT2D eigenvalue weighted by Gasteiger charge is -2.36. The molecule has 2 saturated heterocycles. The highest BCUT2D eigenvalue weighted by molar-refractivity contribution is 6.39. The first-order valence-corrected chi connectivity index (χ1v) is 9.49. The van der Waals surface area contributed by atoms with Gasteiger partial charge in [-0.3, -0.25) is 9.59 Å². The number of amides is 2. The lowest BCUT2D eigenvalue weighted by molar-refractivity contribution is -0.131. The number of carbonyl (C=O) groups is 2. The lowest BCUT2D eigenvalue weighted by Crippen LogP contribution is -2.47. The van der Waals surface area contributed by atoms with Crippen LogP contribution in [0.2, 0.25) is 0 Å². The zero-order chi connectivity index (χ0) is 16.9. The molecule has 6 heteroatoms. The SMILES string of the molecule is CN1N=C(C(=O)N2CCC[C@@H](CN3CCCCCC3)C2)CCC1=O. The molecule has 0 bridgehead atoms. The van der Waals surface area contributed by atoms with Gasteiger partial charge in [-0.1, -0.05) is 12.8 Å². The van der Waals surface area contributed by atoms with Crippen molar-refractivity contribution in [2.75, 3.05) is 39.8 Å². The Morgan fingerprint density at radius 2 is 1.83 bits per heavy atom. The van der Waals surface area contributed by atoms with Gasteiger partial charge < -0.3 is 9.80 Å². The molecule has 0 saturated carbocycles. The van der Waals surface area contributed by atoms with Crippen LogP contribution in [0.3, 0.4) is 0 Å². The standard InChI is InChI=1S/C18H30N4O2/c1-20-17(23)9-8-16(19-20)18(24)22-12-6-7-15(14-22)13-21-10-4-2-3-5-11-21/h15H,2-14H2,1H3/t15-/m0/s1. The van der Waals surface area contributed by atoms with Crippen molar-refractivity contribution in [3.8, 4) is 0 Å². The summed E-state index contributed by atoms with van der Waals surface area (Å²) >= 11 is 0. The highest BCUT2D eigenvalue weighted by atomic mass is 16.2. The molecule has 0 aromatic heterocycles. The first-order chi connectivity index (χ1) is 11.6. The first-order valence-electron chi connectivity index (χ1n) is 9.49. The highest BCUT2D eigenvalue weighted by Crippen LogP contribution is 2.21. The van der Waals surface area contributed by atoms with Crippen LogP contribution in [-0.4, -0.2) is 72.1 Å². The number of carbonyl (C=O) groups excluding carboxylic acids is 2. The van der Waals surface area contributed by atoms with E-state index in [9.17, 15) is 9.59 Å². The quantitative estimate of drug-likeness (QED) is 0.789. The molecule has 0 aromatic rings. The predicted octanol–water partition coefficient (Wildman–Crippen LogP) is 1.71. The van der Waals surface area contributed by atoms with Crippen LogP contribution in [0, 0.1) is 5.92 Å². The summed E-state index contributed by atoms with van der Waals surface area (Å²) in [4.78, 5) is 28.8. The van der Waals surface area contributed by atoms with Gasteiger partial charge >= 0.3 is 0 Å². The van der Waals surface area contributed by atoms with Crippen LogP contribution in [0.15, 0.2) is 5.10 Å². The second kappa shape index (κ2) is 8.10. The van der Waals surface area contributed by atoms with Crippen molar-refractivity contribution < 1.29 is 9.59 Å². The molecule has 3 heterocycles. The van der Waals surface area contributed by atoms with Gasteiger partial charge in [-0.05, 0) is 44.7 Å². The minimum Gasteiger partial charge on any atom is -0.337 e. The number of rotatable bonds is 3. The third-order valence-corrected chi connectivity index (χ3v) is 5.48. The maximum atomic E-state index is 12.7. The zero-order valence-electron chi connectivity index (χ0n) is 14.9. The monoisotopic (exact) mass is 334 g/mol. The summed E-state index contributed by atoms with van der Waals surface area (Å²) in [5.41, 5.74) is 0.549. The number of likely N-dealkylation sites (tertiary alicyclic amines) is 2. The number of hydrogen-bond donors (Lipinski definition) is 0. The zero-order valence-corrected chi connectivity index (χ0v) is 14.9. The Balaban J connectivity index is 1.55. The van der Waals surface area contributed by atoms with Gasteiger partial charge in [-0.25, -0.2) is 5.01 Å². The molecule has 3 aliphatic rings. The van der Waals surface area contributed by atoms with Crippen LogP contribution in [0.1, 0.15) is 51.4 Å². The third-order valence-electron chi connectivity index (χ3n) is 5.48. The van der Waals surface area contributed by atoms with Gasteiger partial charge in [0, 0.05) is 39.5 Å². The van der Waals surface area contributed by atoms with E-state index in [0.717, 1.165) is 26.1 Å². The Labute approximate surface area is 144 Å². The Morgan fingerprint density at radius 3 is 2.54 bits per heavy atom. The van der Waals surface area contributed by atoms with Gasteiger partial charge in [0.1, 0.15) is 5.71 Å². The van der Waals surface area contributed by atoms with E-state index in [4.69, 9.17) is 0 Å². The summed E-state index contributed by atoms with van der Waals surface area (Å²) in [6, 6.07) is 0. The summed E-state index contributed by atoms with van der Waals surface area (Å²) in [6.45, 7) is 5.21. The topological polar surface area (TPSA) is 56.2 Å². The van der Waals surface area contributed by atoms with Crippen LogP contribution >= 0.6 is 0 Å². The smallest absolute Gasteiger partial charge is 0.270 e. The predicted molar refractivity (Wildman–Crippen MR) is 93.7 cm³/mol. The largest absolute Gasteiger partial charge is 0.337 e. The van der Waals surface area contributed by atoms with E-state index < -0.39 is 0 Å². The Bertz CT molecular complexity index is 497. The molecule has 0 radical (unpaired) electrons. The van der Waals surface area contributed by atoms with Gasteiger partial charge in [-0.15, -0.1) is 0 Å². The fourth-order valence-electron chi connectivity index (χ4n) is 4.09. The molecular weight excluding hydrogens is 304 g/mol. The first kappa shape index (κ1) is 17.4. The number of nitrogens with zero attached hydrogens (tertiary/aromatic N) is 4. The summed E-state index contributed by atoms with van der Waals surface area (Å²) < 4.78 is 0. The Kier molecular flexibility index (Phi) is 5.87. The average Bonchev–Trinajstić information content (AvgIpc) is 2.85. The number of hydrazone groups is 1. The van der Waals surface area contributed by atoms with Crippen molar-refractivity contribution in [1.82, 2.24) is 14.8 Å². The average molecular weight is 334 g/mol. The molecule has 2 amide bonds. The van der Waals surface area contributed by atoms with Crippen LogP contribution < -0.4 is 0 Å². The second-order valence-corrected chi connectivity index (χ2v) is 7.44. The maximum Gasteiger partial charge on any atom is 0.270 e. The highest BCUT2D eigenvalue weighted by Gasteiger charge is 2.30. The Morgan fingerprint density at radius 1 is 1.08 bits per heavy atom. The molecule has 24 heavy (non-hydrogen) atoms. The van der Waals surface area contributed by atoms with Crippen LogP contribution in [0.4, 0.5) is 0 Å². The van der Waals surface area contributed by atoms with E-state index in [1.54, 1.807) is 7.05 Å². The van der Waals surface area contributed by atoms with Gasteiger partial charge in [-0.2, -0.15) is 5.10 Å². The fraction of sp³-hybridized carbons (Fsp3) is 0.833. The summed E-state index contributed by atoms with van der Waals surface area (Å²) in [5, 5.41) is 5.51. The van der Waals surface area contributed by atoms with Gasteiger partial charge in [0.2, 0.25) is 5.91 Å². The summed E-state index contributed by atoms with van der Waals surface area (Å²) in [7, 11) is 1.63. The van der Waals surface area contributed by atoms with E-state index in [2.05, 4.69) is 10.0 Å². The summed E-state index contributed by atoms with van der Waals surface area (Å²) in [6.07, 6.45) is 8.51. The minimum atomic E-state index is -0.00997. The molecule has 134 valence electrons. The minimum absolute atomic E-state index is 0.00997. The van der Waals surface area contributed by atoms with E-state index in [1.807, 2.05) is 4.90 Å². The van der Waals surface area contributed by atoms with E-state index >= 15 is 0 Å². The third kappa shape index (κ3) is 4.35. The molecule has 0 unspecified atom stereocenters. The molecule has 2 fully saturated rings. The maximum absolute atomic E-state index is 12.7.